The van der Waals surface area contributed by atoms with E-state index in [-0.39, 0.29) is 34.7 Å². The van der Waals surface area contributed by atoms with E-state index in [4.69, 9.17) is 0 Å². The third-order valence-electron chi connectivity index (χ3n) is 9.07. The van der Waals surface area contributed by atoms with Crippen molar-refractivity contribution in [2.45, 2.75) is 76.7 Å². The second kappa shape index (κ2) is 16.4. The second-order valence-electron chi connectivity index (χ2n) is 14.2. The Labute approximate surface area is 306 Å². The number of amides is 2. The van der Waals surface area contributed by atoms with Gasteiger partial charge in [-0.15, -0.1) is 0 Å². The van der Waals surface area contributed by atoms with E-state index in [2.05, 4.69) is 38.6 Å². The van der Waals surface area contributed by atoms with Gasteiger partial charge in [-0.25, -0.2) is 28.1 Å². The zero-order valence-electron chi connectivity index (χ0n) is 29.9. The summed E-state index contributed by atoms with van der Waals surface area (Å²) in [6.45, 7) is 8.62. The first-order chi connectivity index (χ1) is 25.1. The number of aliphatic hydroxyl groups is 2. The third kappa shape index (κ3) is 10.1. The summed E-state index contributed by atoms with van der Waals surface area (Å²) < 4.78 is 39.9. The zero-order chi connectivity index (χ0) is 38.3. The highest BCUT2D eigenvalue weighted by Gasteiger charge is 2.39. The average Bonchev–Trinajstić information content (AvgIpc) is 3.10. The van der Waals surface area contributed by atoms with Gasteiger partial charge in [0.1, 0.15) is 23.1 Å². The Hall–Kier alpha value is -5.56. The maximum absolute atomic E-state index is 13.6. The Bertz CT molecular complexity index is 2080. The number of hydrogen-bond donors (Lipinski definition) is 2. The number of benzene rings is 2. The van der Waals surface area contributed by atoms with Gasteiger partial charge in [0, 0.05) is 53.9 Å². The van der Waals surface area contributed by atoms with Gasteiger partial charge < -0.3 is 20.0 Å². The van der Waals surface area contributed by atoms with Crippen LogP contribution in [0, 0.1) is 41.1 Å². The molecule has 4 heterocycles. The fourth-order valence-corrected chi connectivity index (χ4v) is 6.29. The Morgan fingerprint density at radius 3 is 1.83 bits per heavy atom. The third-order valence-corrected chi connectivity index (χ3v) is 9.07. The molecular weight excluding hydrogens is 683 g/mol. The van der Waals surface area contributed by atoms with Crippen molar-refractivity contribution < 1.29 is 33.0 Å². The number of likely N-dealkylation sites (tertiary alicyclic amines) is 2. The van der Waals surface area contributed by atoms with Crippen molar-refractivity contribution in [2.75, 3.05) is 13.1 Å². The van der Waals surface area contributed by atoms with E-state index in [1.165, 1.54) is 30.7 Å². The summed E-state index contributed by atoms with van der Waals surface area (Å²) in [5.74, 6) is 9.12. The van der Waals surface area contributed by atoms with Crippen LogP contribution in [0.5, 0.6) is 0 Å². The van der Waals surface area contributed by atoms with Crippen LogP contribution in [0.1, 0.15) is 96.7 Å². The van der Waals surface area contributed by atoms with E-state index < -0.39 is 34.9 Å². The first-order valence-electron chi connectivity index (χ1n) is 17.1. The molecule has 2 saturated heterocycles. The minimum atomic E-state index is -0.599. The predicted molar refractivity (Wildman–Crippen MR) is 192 cm³/mol. The standard InChI is InChI=1S/C21H20F2N2O2.C20H20FN3O2/c1-21(2)12-17(26)9-10-25(21)20(27)19-8-4-14(13-24-19)3-5-15-11-16(22)6-7-18(15)23;1-20(2)11-17(25)8-9-24(20)19(26)18-22-12-15(13-23-18)7-6-14-4-3-5-16(21)10-14/h4,6-8,11,13,17,26H,9-10,12H2,1-2H3;3-5,10,12-13,17,25H,8-9,11H2,1-2H3. The average molecular weight is 724 g/mol. The van der Waals surface area contributed by atoms with Crippen LogP contribution >= 0.6 is 0 Å². The Morgan fingerprint density at radius 2 is 1.25 bits per heavy atom. The topological polar surface area (TPSA) is 120 Å². The molecule has 12 heteroatoms. The smallest absolute Gasteiger partial charge is 0.292 e. The number of hydrogen-bond acceptors (Lipinski definition) is 7. The molecule has 0 saturated carbocycles. The van der Waals surface area contributed by atoms with Crippen molar-refractivity contribution in [3.05, 3.63) is 124 Å². The molecule has 2 aromatic heterocycles. The van der Waals surface area contributed by atoms with Crippen LogP contribution in [-0.4, -0.2) is 83.2 Å². The molecule has 274 valence electrons. The number of aliphatic hydroxyl groups excluding tert-OH is 2. The van der Waals surface area contributed by atoms with Crippen LogP contribution in [0.15, 0.2) is 73.2 Å². The van der Waals surface area contributed by atoms with E-state index >= 15 is 0 Å². The number of aromatic nitrogens is 3. The lowest BCUT2D eigenvalue weighted by molar-refractivity contribution is 0.00166. The number of carbonyl (C=O) groups excluding carboxylic acids is 2. The lowest BCUT2D eigenvalue weighted by atomic mass is 9.88. The molecule has 2 amide bonds. The van der Waals surface area contributed by atoms with Gasteiger partial charge in [0.05, 0.1) is 23.3 Å². The number of carbonyl (C=O) groups is 2. The summed E-state index contributed by atoms with van der Waals surface area (Å²) in [4.78, 5) is 41.3. The molecule has 4 aromatic rings. The van der Waals surface area contributed by atoms with Crippen LogP contribution in [0.25, 0.3) is 0 Å². The molecule has 2 aliphatic heterocycles. The molecule has 2 unspecified atom stereocenters. The van der Waals surface area contributed by atoms with Crippen LogP contribution in [0.2, 0.25) is 0 Å². The molecule has 2 atom stereocenters. The zero-order valence-corrected chi connectivity index (χ0v) is 29.9. The largest absolute Gasteiger partial charge is 0.393 e. The van der Waals surface area contributed by atoms with Gasteiger partial charge >= 0.3 is 0 Å². The van der Waals surface area contributed by atoms with Gasteiger partial charge in [-0.3, -0.25) is 9.59 Å². The van der Waals surface area contributed by atoms with Crippen molar-refractivity contribution in [1.82, 2.24) is 24.8 Å². The van der Waals surface area contributed by atoms with Gasteiger partial charge in [-0.2, -0.15) is 0 Å². The monoisotopic (exact) mass is 723 g/mol. The van der Waals surface area contributed by atoms with Crippen LogP contribution in [0.4, 0.5) is 13.2 Å². The number of halogens is 3. The predicted octanol–water partition coefficient (Wildman–Crippen LogP) is 5.53. The Kier molecular flexibility index (Phi) is 12.0. The minimum absolute atomic E-state index is 0.0382. The summed E-state index contributed by atoms with van der Waals surface area (Å²) in [6, 6.07) is 12.3. The van der Waals surface area contributed by atoms with E-state index in [1.54, 1.807) is 34.1 Å². The molecule has 0 aliphatic carbocycles. The van der Waals surface area contributed by atoms with E-state index in [0.717, 1.165) is 18.2 Å². The number of pyridine rings is 1. The maximum atomic E-state index is 13.6. The summed E-state index contributed by atoms with van der Waals surface area (Å²) in [5.41, 5.74) is 0.921. The van der Waals surface area contributed by atoms with E-state index in [1.807, 2.05) is 27.7 Å². The van der Waals surface area contributed by atoms with Crippen LogP contribution in [0.3, 0.4) is 0 Å². The van der Waals surface area contributed by atoms with Gasteiger partial charge in [0.2, 0.25) is 5.82 Å². The highest BCUT2D eigenvalue weighted by molar-refractivity contribution is 5.93. The number of rotatable bonds is 2. The quantitative estimate of drug-likeness (QED) is 0.261. The second-order valence-corrected chi connectivity index (χ2v) is 14.2. The molecule has 6 rings (SSSR count). The molecule has 0 spiro atoms. The van der Waals surface area contributed by atoms with Crippen molar-refractivity contribution in [1.29, 1.82) is 0 Å². The number of piperidine rings is 2. The molecule has 2 aromatic carbocycles. The molecule has 0 bridgehead atoms. The Morgan fingerprint density at radius 1 is 0.679 bits per heavy atom. The van der Waals surface area contributed by atoms with E-state index in [9.17, 15) is 33.0 Å². The normalized spacial score (nSPS) is 18.7. The summed E-state index contributed by atoms with van der Waals surface area (Å²) in [6.07, 6.45) is 5.73. The van der Waals surface area contributed by atoms with Gasteiger partial charge in [-0.1, -0.05) is 29.7 Å². The molecule has 2 N–H and O–H groups in total. The van der Waals surface area contributed by atoms with Crippen molar-refractivity contribution in [2.24, 2.45) is 0 Å². The SMILES string of the molecule is CC1(C)CC(O)CCN1C(=O)c1ccc(C#Cc2cc(F)ccc2F)cn1.CC1(C)CC(O)CCN1C(=O)c1ncc(C#Cc2cccc(F)c2)cn1. The molecule has 9 nitrogen and oxygen atoms in total. The maximum Gasteiger partial charge on any atom is 0.292 e. The summed E-state index contributed by atoms with van der Waals surface area (Å²) >= 11 is 0. The highest BCUT2D eigenvalue weighted by Crippen LogP contribution is 2.30. The molecule has 2 aliphatic rings. The molecule has 0 radical (unpaired) electrons. The summed E-state index contributed by atoms with van der Waals surface area (Å²) in [7, 11) is 0. The van der Waals surface area contributed by atoms with Crippen molar-refractivity contribution in [3.8, 4) is 23.7 Å². The molecular formula is C41H40F3N5O4. The lowest BCUT2D eigenvalue weighted by Gasteiger charge is -2.44. The van der Waals surface area contributed by atoms with Gasteiger partial charge in [-0.05, 0) is 102 Å². The molecule has 2 fully saturated rings. The van der Waals surface area contributed by atoms with Crippen LogP contribution in [-0.2, 0) is 0 Å². The summed E-state index contributed by atoms with van der Waals surface area (Å²) in [5, 5.41) is 19.6. The first-order valence-corrected chi connectivity index (χ1v) is 17.1. The lowest BCUT2D eigenvalue weighted by Crippen LogP contribution is -2.54. The van der Waals surface area contributed by atoms with Crippen LogP contribution < -0.4 is 0 Å². The van der Waals surface area contributed by atoms with Crippen molar-refractivity contribution >= 4 is 11.8 Å². The number of nitrogens with zero attached hydrogens (tertiary/aromatic N) is 5. The Balaban J connectivity index is 0.000000204. The minimum Gasteiger partial charge on any atom is -0.393 e. The van der Waals surface area contributed by atoms with Crippen molar-refractivity contribution in [3.63, 3.8) is 0 Å². The van der Waals surface area contributed by atoms with Gasteiger partial charge in [0.15, 0.2) is 0 Å². The van der Waals surface area contributed by atoms with Gasteiger partial charge in [0.25, 0.3) is 11.8 Å². The molecule has 53 heavy (non-hydrogen) atoms. The fourth-order valence-electron chi connectivity index (χ4n) is 6.29. The fraction of sp³-hybridized carbons (Fsp3) is 0.341. The first kappa shape index (κ1) is 38.7. The highest BCUT2D eigenvalue weighted by atomic mass is 19.1. The van der Waals surface area contributed by atoms with E-state index in [0.29, 0.717) is 55.5 Å².